The van der Waals surface area contributed by atoms with Crippen LogP contribution in [0.1, 0.15) is 18.5 Å². The molecule has 0 aliphatic heterocycles. The normalized spacial score (nSPS) is 12.1. The highest BCUT2D eigenvalue weighted by Crippen LogP contribution is 2.33. The summed E-state index contributed by atoms with van der Waals surface area (Å²) >= 11 is 1.60. The van der Waals surface area contributed by atoms with Gasteiger partial charge in [-0.25, -0.2) is 0 Å². The van der Waals surface area contributed by atoms with Gasteiger partial charge in [0, 0.05) is 16.5 Å². The Kier molecular flexibility index (Phi) is 5.05. The Morgan fingerprint density at radius 3 is 2.52 bits per heavy atom. The molecule has 2 aromatic carbocycles. The van der Waals surface area contributed by atoms with E-state index in [9.17, 15) is 0 Å². The van der Waals surface area contributed by atoms with Crippen molar-refractivity contribution in [1.82, 2.24) is 5.32 Å². The minimum absolute atomic E-state index is 0.294. The quantitative estimate of drug-likeness (QED) is 0.600. The standard InChI is InChI=1S/C19H20N2OS/c1-14(20-2)15-10-11-17(19-9-6-12-22-19)18(13-15)21-23-16-7-4-3-5-8-16/h3-14,20-21H,1-2H3. The smallest absolute Gasteiger partial charge is 0.135 e. The fraction of sp³-hybridized carbons (Fsp3) is 0.158. The molecule has 4 heteroatoms. The summed E-state index contributed by atoms with van der Waals surface area (Å²) in [6.45, 7) is 2.15. The van der Waals surface area contributed by atoms with Crippen LogP contribution in [0.3, 0.4) is 0 Å². The number of rotatable bonds is 6. The van der Waals surface area contributed by atoms with Crippen LogP contribution >= 0.6 is 11.9 Å². The molecule has 0 saturated carbocycles. The lowest BCUT2D eigenvalue weighted by atomic mass is 10.0. The molecule has 0 saturated heterocycles. The van der Waals surface area contributed by atoms with Crippen molar-refractivity contribution in [1.29, 1.82) is 0 Å². The van der Waals surface area contributed by atoms with Gasteiger partial charge in [-0.15, -0.1) is 0 Å². The lowest BCUT2D eigenvalue weighted by Gasteiger charge is -2.15. The summed E-state index contributed by atoms with van der Waals surface area (Å²) < 4.78 is 9.04. The van der Waals surface area contributed by atoms with Gasteiger partial charge in [-0.3, -0.25) is 0 Å². The Hall–Kier alpha value is -2.17. The van der Waals surface area contributed by atoms with Crippen LogP contribution in [0.25, 0.3) is 11.3 Å². The topological polar surface area (TPSA) is 37.2 Å². The van der Waals surface area contributed by atoms with E-state index in [1.165, 1.54) is 10.5 Å². The van der Waals surface area contributed by atoms with Crippen LogP contribution in [0.5, 0.6) is 0 Å². The second kappa shape index (κ2) is 7.40. The Bertz CT molecular complexity index is 741. The maximum Gasteiger partial charge on any atom is 0.135 e. The molecule has 2 N–H and O–H groups in total. The first-order valence-electron chi connectivity index (χ1n) is 7.61. The zero-order chi connectivity index (χ0) is 16.1. The van der Waals surface area contributed by atoms with Gasteiger partial charge in [0.05, 0.1) is 12.0 Å². The third kappa shape index (κ3) is 3.78. The van der Waals surface area contributed by atoms with E-state index in [2.05, 4.69) is 47.3 Å². The molecule has 0 spiro atoms. The highest BCUT2D eigenvalue weighted by Gasteiger charge is 2.11. The van der Waals surface area contributed by atoms with Crippen molar-refractivity contribution in [3.05, 3.63) is 72.5 Å². The molecule has 0 bridgehead atoms. The molecule has 0 aliphatic rings. The molecular formula is C19H20N2OS. The van der Waals surface area contributed by atoms with Crippen molar-refractivity contribution >= 4 is 17.6 Å². The molecular weight excluding hydrogens is 304 g/mol. The van der Waals surface area contributed by atoms with Crippen LogP contribution in [-0.2, 0) is 0 Å². The van der Waals surface area contributed by atoms with E-state index >= 15 is 0 Å². The summed E-state index contributed by atoms with van der Waals surface area (Å²) in [7, 11) is 1.97. The predicted molar refractivity (Wildman–Crippen MR) is 97.5 cm³/mol. The van der Waals surface area contributed by atoms with Gasteiger partial charge < -0.3 is 14.5 Å². The number of hydrogen-bond donors (Lipinski definition) is 2. The van der Waals surface area contributed by atoms with Crippen molar-refractivity contribution in [2.24, 2.45) is 0 Å². The number of nitrogens with one attached hydrogen (secondary N) is 2. The van der Waals surface area contributed by atoms with Gasteiger partial charge in [0.25, 0.3) is 0 Å². The monoisotopic (exact) mass is 324 g/mol. The second-order valence-corrected chi connectivity index (χ2v) is 6.19. The molecule has 1 aromatic heterocycles. The van der Waals surface area contributed by atoms with Gasteiger partial charge >= 0.3 is 0 Å². The zero-order valence-corrected chi connectivity index (χ0v) is 14.1. The van der Waals surface area contributed by atoms with E-state index in [1.807, 2.05) is 37.4 Å². The first-order valence-corrected chi connectivity index (χ1v) is 8.42. The summed E-state index contributed by atoms with van der Waals surface area (Å²) in [5.41, 5.74) is 3.35. The lowest BCUT2D eigenvalue weighted by Crippen LogP contribution is -2.12. The van der Waals surface area contributed by atoms with Crippen molar-refractivity contribution in [3.8, 4) is 11.3 Å². The minimum atomic E-state index is 0.294. The highest BCUT2D eigenvalue weighted by molar-refractivity contribution is 8.00. The molecule has 3 nitrogen and oxygen atoms in total. The maximum absolute atomic E-state index is 5.57. The summed E-state index contributed by atoms with van der Waals surface area (Å²) in [5, 5.41) is 3.28. The number of anilines is 1. The number of benzene rings is 2. The van der Waals surface area contributed by atoms with E-state index in [0.29, 0.717) is 6.04 Å². The van der Waals surface area contributed by atoms with Crippen LogP contribution in [0.15, 0.2) is 76.2 Å². The Balaban J connectivity index is 1.90. The fourth-order valence-corrected chi connectivity index (χ4v) is 3.02. The van der Waals surface area contributed by atoms with Gasteiger partial charge in [-0.1, -0.05) is 24.3 Å². The van der Waals surface area contributed by atoms with E-state index in [1.54, 1.807) is 18.2 Å². The molecule has 0 aliphatic carbocycles. The van der Waals surface area contributed by atoms with Crippen molar-refractivity contribution in [2.75, 3.05) is 11.8 Å². The highest BCUT2D eigenvalue weighted by atomic mass is 32.2. The second-order valence-electron chi connectivity index (χ2n) is 5.31. The van der Waals surface area contributed by atoms with Crippen molar-refractivity contribution in [3.63, 3.8) is 0 Å². The van der Waals surface area contributed by atoms with Crippen LogP contribution in [0, 0.1) is 0 Å². The molecule has 0 radical (unpaired) electrons. The average molecular weight is 324 g/mol. The molecule has 1 heterocycles. The van der Waals surface area contributed by atoms with E-state index in [0.717, 1.165) is 17.0 Å². The van der Waals surface area contributed by atoms with E-state index in [-0.39, 0.29) is 0 Å². The van der Waals surface area contributed by atoms with Crippen LogP contribution < -0.4 is 10.0 Å². The molecule has 23 heavy (non-hydrogen) atoms. The average Bonchev–Trinajstić information content (AvgIpc) is 3.14. The largest absolute Gasteiger partial charge is 0.464 e. The van der Waals surface area contributed by atoms with E-state index < -0.39 is 0 Å². The first kappa shape index (κ1) is 15.7. The molecule has 1 atom stereocenters. The van der Waals surface area contributed by atoms with Gasteiger partial charge in [0.1, 0.15) is 5.76 Å². The fourth-order valence-electron chi connectivity index (χ4n) is 2.33. The van der Waals surface area contributed by atoms with Crippen molar-refractivity contribution < 1.29 is 4.42 Å². The SMILES string of the molecule is CNC(C)c1ccc(-c2ccco2)c(NSc2ccccc2)c1. The Morgan fingerprint density at radius 1 is 1.00 bits per heavy atom. The predicted octanol–water partition coefficient (Wildman–Crippen LogP) is 5.35. The number of furan rings is 1. The third-order valence-corrected chi connectivity index (χ3v) is 4.62. The van der Waals surface area contributed by atoms with Crippen molar-refractivity contribution in [2.45, 2.75) is 17.9 Å². The molecule has 3 aromatic rings. The third-order valence-electron chi connectivity index (χ3n) is 3.79. The Morgan fingerprint density at radius 2 is 1.83 bits per heavy atom. The molecule has 0 fully saturated rings. The lowest BCUT2D eigenvalue weighted by molar-refractivity contribution is 0.582. The summed E-state index contributed by atoms with van der Waals surface area (Å²) in [5.74, 6) is 0.866. The van der Waals surface area contributed by atoms with Gasteiger partial charge in [-0.2, -0.15) is 0 Å². The molecule has 1 unspecified atom stereocenters. The molecule has 118 valence electrons. The summed E-state index contributed by atoms with van der Waals surface area (Å²) in [4.78, 5) is 1.17. The van der Waals surface area contributed by atoms with Crippen LogP contribution in [-0.4, -0.2) is 7.05 Å². The maximum atomic E-state index is 5.57. The molecule has 0 amide bonds. The van der Waals surface area contributed by atoms with Crippen LogP contribution in [0.2, 0.25) is 0 Å². The molecule has 3 rings (SSSR count). The Labute approximate surface area is 141 Å². The summed E-state index contributed by atoms with van der Waals surface area (Å²) in [6.07, 6.45) is 1.70. The summed E-state index contributed by atoms with van der Waals surface area (Å²) in [6, 6.07) is 20.9. The first-order chi connectivity index (χ1) is 11.3. The van der Waals surface area contributed by atoms with Gasteiger partial charge in [0.15, 0.2) is 0 Å². The van der Waals surface area contributed by atoms with E-state index in [4.69, 9.17) is 4.42 Å². The van der Waals surface area contributed by atoms with Gasteiger partial charge in [0.2, 0.25) is 0 Å². The van der Waals surface area contributed by atoms with Gasteiger partial charge in [-0.05, 0) is 67.9 Å². The minimum Gasteiger partial charge on any atom is -0.464 e. The zero-order valence-electron chi connectivity index (χ0n) is 13.2. The number of hydrogen-bond acceptors (Lipinski definition) is 4. The van der Waals surface area contributed by atoms with Crippen LogP contribution in [0.4, 0.5) is 5.69 Å².